The number of fused-ring (bicyclic) bond motifs is 2. The molecule has 0 spiro atoms. The highest BCUT2D eigenvalue weighted by atomic mass is 28.4. The third-order valence-electron chi connectivity index (χ3n) is 11.3. The van der Waals surface area contributed by atoms with Gasteiger partial charge in [-0.3, -0.25) is 0 Å². The summed E-state index contributed by atoms with van der Waals surface area (Å²) in [7, 11) is -2.03. The van der Waals surface area contributed by atoms with E-state index >= 15 is 0 Å². The first-order valence-electron chi connectivity index (χ1n) is 15.4. The van der Waals surface area contributed by atoms with Crippen LogP contribution in [0.2, 0.25) is 18.1 Å². The highest BCUT2D eigenvalue weighted by Crippen LogP contribution is 2.68. The van der Waals surface area contributed by atoms with E-state index in [9.17, 15) is 0 Å². The van der Waals surface area contributed by atoms with Gasteiger partial charge in [-0.25, -0.2) is 0 Å². The zero-order chi connectivity index (χ0) is 28.1. The normalized spacial score (nSPS) is 38.0. The maximum Gasteiger partial charge on any atom is 0.250 e. The van der Waals surface area contributed by atoms with E-state index in [1.165, 1.54) is 11.3 Å². The van der Waals surface area contributed by atoms with E-state index in [0.29, 0.717) is 37.6 Å². The fourth-order valence-corrected chi connectivity index (χ4v) is 9.33. The van der Waals surface area contributed by atoms with Crippen LogP contribution >= 0.6 is 0 Å². The summed E-state index contributed by atoms with van der Waals surface area (Å²) in [5, 5.41) is 0.138. The Balaban J connectivity index is 1.57. The van der Waals surface area contributed by atoms with Gasteiger partial charge in [0.25, 0.3) is 0 Å². The van der Waals surface area contributed by atoms with Crippen LogP contribution in [0.5, 0.6) is 0 Å². The van der Waals surface area contributed by atoms with Gasteiger partial charge in [0.2, 0.25) is 8.32 Å². The van der Waals surface area contributed by atoms with Gasteiger partial charge in [0.05, 0.1) is 25.1 Å². The Bertz CT molecular complexity index is 1060. The Morgan fingerprint density at radius 3 is 2.54 bits per heavy atom. The van der Waals surface area contributed by atoms with Gasteiger partial charge >= 0.3 is 0 Å². The van der Waals surface area contributed by atoms with Crippen molar-refractivity contribution in [2.45, 2.75) is 104 Å². The summed E-state index contributed by atoms with van der Waals surface area (Å²) in [6.45, 7) is 20.8. The molecule has 1 saturated carbocycles. The summed E-state index contributed by atoms with van der Waals surface area (Å²) in [4.78, 5) is 0. The Hall–Kier alpha value is -1.40. The summed E-state index contributed by atoms with van der Waals surface area (Å²) >= 11 is 0. The molecule has 39 heavy (non-hydrogen) atoms. The molecule has 8 atom stereocenters. The zero-order valence-corrected chi connectivity index (χ0v) is 26.7. The molecule has 4 nitrogen and oxygen atoms in total. The second-order valence-electron chi connectivity index (χ2n) is 14.5. The minimum absolute atomic E-state index is 0.0901. The summed E-state index contributed by atoms with van der Waals surface area (Å²) in [5.74, 6) is 3.04. The van der Waals surface area contributed by atoms with Gasteiger partial charge < -0.3 is 18.6 Å². The van der Waals surface area contributed by atoms with Crippen molar-refractivity contribution in [3.63, 3.8) is 0 Å². The summed E-state index contributed by atoms with van der Waals surface area (Å²) in [6, 6.07) is 10.6. The molecule has 5 heteroatoms. The van der Waals surface area contributed by atoms with Crippen molar-refractivity contribution in [1.82, 2.24) is 0 Å². The second-order valence-corrected chi connectivity index (χ2v) is 19.2. The van der Waals surface area contributed by atoms with E-state index in [1.54, 1.807) is 0 Å². The van der Waals surface area contributed by atoms with Crippen LogP contribution in [0.15, 0.2) is 54.3 Å². The largest absolute Gasteiger partial charge is 0.547 e. The average Bonchev–Trinajstić information content (AvgIpc) is 2.86. The Morgan fingerprint density at radius 2 is 1.85 bits per heavy atom. The summed E-state index contributed by atoms with van der Waals surface area (Å²) < 4.78 is 27.1. The fraction of sp³-hybridized carbons (Fsp3) is 0.706. The minimum atomic E-state index is -2.03. The van der Waals surface area contributed by atoms with E-state index < -0.39 is 8.32 Å². The van der Waals surface area contributed by atoms with Crippen LogP contribution in [-0.4, -0.2) is 33.9 Å². The topological polar surface area (TPSA) is 36.9 Å². The highest BCUT2D eigenvalue weighted by molar-refractivity contribution is 6.74. The quantitative estimate of drug-likeness (QED) is 0.239. The monoisotopic (exact) mass is 552 g/mol. The van der Waals surface area contributed by atoms with Gasteiger partial charge in [-0.2, -0.15) is 0 Å². The first-order chi connectivity index (χ1) is 18.4. The van der Waals surface area contributed by atoms with Crippen LogP contribution < -0.4 is 0 Å². The Kier molecular flexibility index (Phi) is 8.04. The molecule has 0 radical (unpaired) electrons. The van der Waals surface area contributed by atoms with Crippen LogP contribution in [-0.2, 0) is 25.2 Å². The fourth-order valence-electron chi connectivity index (χ4n) is 8.21. The lowest BCUT2D eigenvalue weighted by Gasteiger charge is -2.67. The molecule has 0 amide bonds. The standard InChI is InChI=1S/C34H52O4Si/c1-9-36-31-21-27-28(38-39(7,8)32(3,4)5)17-18-29-33(6)19-13-14-24(2)26(33)20-30(37-31)34(27,29)23-35-22-25-15-11-10-12-16-25/h10-17,24,26-27,29-31H,9,18-23H2,1-8H3/t24-,26+,27+,29-,30-,31+,33+,34+/m1/s1. The molecule has 0 unspecified atom stereocenters. The number of ether oxygens (including phenoxy) is 3. The molecule has 0 N–H and O–H groups in total. The van der Waals surface area contributed by atoms with Gasteiger partial charge in [0, 0.05) is 24.4 Å². The van der Waals surface area contributed by atoms with E-state index in [2.05, 4.69) is 103 Å². The van der Waals surface area contributed by atoms with Gasteiger partial charge in [0.15, 0.2) is 6.29 Å². The number of allylic oxidation sites excluding steroid dienone is 4. The van der Waals surface area contributed by atoms with Crippen molar-refractivity contribution in [1.29, 1.82) is 0 Å². The molecule has 2 fully saturated rings. The molecule has 3 aliphatic carbocycles. The lowest BCUT2D eigenvalue weighted by molar-refractivity contribution is -0.309. The minimum Gasteiger partial charge on any atom is -0.547 e. The van der Waals surface area contributed by atoms with Crippen molar-refractivity contribution >= 4 is 8.32 Å². The van der Waals surface area contributed by atoms with Crippen LogP contribution in [0, 0.1) is 34.5 Å². The molecular formula is C34H52O4Si. The highest BCUT2D eigenvalue weighted by Gasteiger charge is 2.68. The first-order valence-corrected chi connectivity index (χ1v) is 18.3. The van der Waals surface area contributed by atoms with E-state index in [0.717, 1.165) is 25.7 Å². The van der Waals surface area contributed by atoms with Crippen LogP contribution in [0.25, 0.3) is 0 Å². The van der Waals surface area contributed by atoms with Crippen molar-refractivity contribution in [3.8, 4) is 0 Å². The van der Waals surface area contributed by atoms with Gasteiger partial charge in [0.1, 0.15) is 0 Å². The van der Waals surface area contributed by atoms with Gasteiger partial charge in [-0.1, -0.05) is 77.1 Å². The van der Waals surface area contributed by atoms with E-state index in [4.69, 9.17) is 18.6 Å². The van der Waals surface area contributed by atoms with Crippen molar-refractivity contribution < 1.29 is 18.6 Å². The summed E-state index contributed by atoms with van der Waals surface area (Å²) in [5.41, 5.74) is 1.30. The predicted octanol–water partition coefficient (Wildman–Crippen LogP) is 8.51. The summed E-state index contributed by atoms with van der Waals surface area (Å²) in [6.07, 6.45) is 11.3. The second kappa shape index (κ2) is 10.8. The molecule has 0 bridgehead atoms. The maximum atomic E-state index is 7.20. The van der Waals surface area contributed by atoms with E-state index in [-0.39, 0.29) is 34.2 Å². The Labute approximate surface area is 238 Å². The number of rotatable bonds is 8. The Morgan fingerprint density at radius 1 is 1.10 bits per heavy atom. The first kappa shape index (κ1) is 29.1. The van der Waals surface area contributed by atoms with Crippen LogP contribution in [0.1, 0.15) is 72.8 Å². The van der Waals surface area contributed by atoms with Gasteiger partial charge in [-0.05, 0) is 79.1 Å². The average molecular weight is 553 g/mol. The SMILES string of the molecule is CCO[C@@H]1C[C@H]2C(O[Si](C)(C)C(C)(C)C)=CC[C@@H]3[C@@]4(C)CC=C[C@@H](C)[C@@H]4C[C@@H](O1)[C@]32COCc1ccccc1. The van der Waals surface area contributed by atoms with Gasteiger partial charge in [-0.15, -0.1) is 0 Å². The molecule has 216 valence electrons. The molecule has 0 aromatic heterocycles. The number of hydrogen-bond acceptors (Lipinski definition) is 4. The number of hydrogen-bond donors (Lipinski definition) is 0. The predicted molar refractivity (Wildman–Crippen MR) is 161 cm³/mol. The van der Waals surface area contributed by atoms with Crippen LogP contribution in [0.3, 0.4) is 0 Å². The molecule has 1 heterocycles. The third-order valence-corrected chi connectivity index (χ3v) is 15.6. The smallest absolute Gasteiger partial charge is 0.250 e. The number of benzene rings is 1. The third kappa shape index (κ3) is 5.11. The molecule has 1 aromatic rings. The molecular weight excluding hydrogens is 500 g/mol. The lowest BCUT2D eigenvalue weighted by atomic mass is 9.41. The zero-order valence-electron chi connectivity index (χ0n) is 25.7. The van der Waals surface area contributed by atoms with Crippen molar-refractivity contribution in [2.24, 2.45) is 34.5 Å². The molecule has 1 aliphatic heterocycles. The van der Waals surface area contributed by atoms with E-state index in [1.807, 2.05) is 0 Å². The maximum absolute atomic E-state index is 7.20. The molecule has 1 saturated heterocycles. The lowest BCUT2D eigenvalue weighted by Crippen LogP contribution is -2.68. The van der Waals surface area contributed by atoms with Crippen molar-refractivity contribution in [3.05, 3.63) is 59.9 Å². The molecule has 1 aromatic carbocycles. The van der Waals surface area contributed by atoms with Crippen LogP contribution in [0.4, 0.5) is 0 Å². The molecule has 5 rings (SSSR count). The molecule has 4 aliphatic rings. The van der Waals surface area contributed by atoms with Crippen molar-refractivity contribution in [2.75, 3.05) is 13.2 Å².